The van der Waals surface area contributed by atoms with Crippen molar-refractivity contribution in [1.82, 2.24) is 9.55 Å². The van der Waals surface area contributed by atoms with Gasteiger partial charge in [-0.25, -0.2) is 4.98 Å². The molecule has 0 aliphatic heterocycles. The monoisotopic (exact) mass is 388 g/mol. The van der Waals surface area contributed by atoms with Crippen molar-refractivity contribution in [3.63, 3.8) is 0 Å². The van der Waals surface area contributed by atoms with E-state index in [1.165, 1.54) is 10.9 Å². The predicted octanol–water partition coefficient (Wildman–Crippen LogP) is 0.286. The fourth-order valence-electron chi connectivity index (χ4n) is 1.90. The summed E-state index contributed by atoms with van der Waals surface area (Å²) >= 11 is 0. The van der Waals surface area contributed by atoms with Gasteiger partial charge in [0, 0.05) is 6.20 Å². The lowest BCUT2D eigenvalue weighted by atomic mass is 10.3. The maximum Gasteiger partial charge on any atom is 0.331 e. The second-order valence-corrected chi connectivity index (χ2v) is 11.2. The molecule has 1 rings (SSSR count). The predicted molar refractivity (Wildman–Crippen MR) is 84.8 cm³/mol. The van der Waals surface area contributed by atoms with Crippen molar-refractivity contribution in [1.29, 1.82) is 0 Å². The fraction of sp³-hybridized carbons (Fsp3) is 0.700. The molecule has 0 aliphatic rings. The Morgan fingerprint density at radius 3 is 2.65 bits per heavy atom. The summed E-state index contributed by atoms with van der Waals surface area (Å²) < 4.78 is 20.8. The molecule has 23 heavy (non-hydrogen) atoms. The topological polar surface area (TPSA) is 154 Å². The van der Waals surface area contributed by atoms with Crippen molar-refractivity contribution >= 4 is 25.2 Å². The molecular formula is C10H22N2O8P2Si. The summed E-state index contributed by atoms with van der Waals surface area (Å²) in [6, 6.07) is 0.724. The molecule has 0 saturated heterocycles. The number of hydrogen-bond acceptors (Lipinski definition) is 8. The second kappa shape index (κ2) is 8.77. The smallest absolute Gasteiger partial charge is 0.331 e. The first kappa shape index (κ1) is 20.9. The normalized spacial score (nSPS) is 16.5. The maximum absolute atomic E-state index is 10.7. The molecule has 2 atom stereocenters. The van der Waals surface area contributed by atoms with Crippen molar-refractivity contribution in [3.05, 3.63) is 18.2 Å². The first-order chi connectivity index (χ1) is 10.5. The van der Waals surface area contributed by atoms with Crippen LogP contribution in [0.1, 0.15) is 12.1 Å². The van der Waals surface area contributed by atoms with E-state index in [1.54, 1.807) is 6.20 Å². The summed E-state index contributed by atoms with van der Waals surface area (Å²) in [6.45, 7) is 3.22. The maximum atomic E-state index is 10.7. The number of hydrogen-bond donors (Lipinski definition) is 5. The van der Waals surface area contributed by atoms with Crippen molar-refractivity contribution in [2.75, 3.05) is 0 Å². The fourth-order valence-corrected chi connectivity index (χ4v) is 3.74. The number of aliphatic hydroxyl groups is 1. The van der Waals surface area contributed by atoms with Gasteiger partial charge in [0.15, 0.2) is 8.32 Å². The van der Waals surface area contributed by atoms with Crippen molar-refractivity contribution in [3.8, 4) is 0 Å². The van der Waals surface area contributed by atoms with E-state index in [4.69, 9.17) is 14.7 Å². The Balaban J connectivity index is 2.65. The van der Waals surface area contributed by atoms with Crippen molar-refractivity contribution < 1.29 is 38.2 Å². The van der Waals surface area contributed by atoms with Crippen LogP contribution < -0.4 is 0 Å². The van der Waals surface area contributed by atoms with E-state index in [0.29, 0.717) is 12.1 Å². The van der Waals surface area contributed by atoms with E-state index in [1.807, 2.05) is 13.1 Å². The Bertz CT molecular complexity index is 523. The summed E-state index contributed by atoms with van der Waals surface area (Å²) in [6.07, 6.45) is 4.29. The molecule has 13 heteroatoms. The van der Waals surface area contributed by atoms with Gasteiger partial charge in [-0.15, -0.1) is 0 Å². The van der Waals surface area contributed by atoms with Crippen LogP contribution in [0.3, 0.4) is 0 Å². The Hall–Kier alpha value is -0.193. The van der Waals surface area contributed by atoms with E-state index in [0.717, 1.165) is 12.5 Å². The second-order valence-electron chi connectivity index (χ2n) is 5.63. The molecule has 0 aromatic carbocycles. The van der Waals surface area contributed by atoms with Crippen LogP contribution in [-0.2, 0) is 26.6 Å². The minimum Gasteiger partial charge on any atom is -0.432 e. The number of rotatable bonds is 10. The van der Waals surface area contributed by atoms with Gasteiger partial charge in [-0.3, -0.25) is 13.6 Å². The lowest BCUT2D eigenvalue weighted by Gasteiger charge is -2.26. The first-order valence-electron chi connectivity index (χ1n) is 6.73. The summed E-state index contributed by atoms with van der Waals surface area (Å²) in [5.41, 5.74) is 0.692. The zero-order valence-corrected chi connectivity index (χ0v) is 15.7. The van der Waals surface area contributed by atoms with Gasteiger partial charge in [-0.05, 0) is 32.0 Å². The highest BCUT2D eigenvalue weighted by Crippen LogP contribution is 2.37. The molecule has 0 radical (unpaired) electrons. The first-order valence-corrected chi connectivity index (χ1v) is 12.3. The Morgan fingerprint density at radius 1 is 1.48 bits per heavy atom. The molecule has 0 amide bonds. The molecule has 1 heterocycles. The van der Waals surface area contributed by atoms with Crippen molar-refractivity contribution in [2.45, 2.75) is 44.5 Å². The molecule has 2 unspecified atom stereocenters. The molecule has 0 aliphatic carbocycles. The van der Waals surface area contributed by atoms with Gasteiger partial charge < -0.3 is 29.1 Å². The van der Waals surface area contributed by atoms with E-state index in [9.17, 15) is 14.5 Å². The molecule has 5 N–H and O–H groups in total. The third kappa shape index (κ3) is 9.01. The molecule has 10 nitrogen and oxygen atoms in total. The Morgan fingerprint density at radius 2 is 2.13 bits per heavy atom. The lowest BCUT2D eigenvalue weighted by Crippen LogP contribution is -2.36. The number of nitrogens with zero attached hydrogens (tertiary/aromatic N) is 2. The van der Waals surface area contributed by atoms with E-state index in [2.05, 4.69) is 14.0 Å². The average Bonchev–Trinajstić information content (AvgIpc) is 2.71. The summed E-state index contributed by atoms with van der Waals surface area (Å²) in [4.78, 5) is 40.3. The van der Waals surface area contributed by atoms with Gasteiger partial charge in [0.1, 0.15) is 6.54 Å². The van der Waals surface area contributed by atoms with Crippen LogP contribution in [-0.4, -0.2) is 48.4 Å². The van der Waals surface area contributed by atoms with E-state index < -0.39 is 37.7 Å². The highest BCUT2D eigenvalue weighted by molar-refractivity contribution is 7.39. The molecule has 0 bridgehead atoms. The third-order valence-corrected chi connectivity index (χ3v) is 5.28. The molecule has 0 saturated carbocycles. The highest BCUT2D eigenvalue weighted by atomic mass is 31.2. The minimum atomic E-state index is -3.57. The van der Waals surface area contributed by atoms with Crippen LogP contribution in [0.2, 0.25) is 19.1 Å². The number of aryl methyl sites for hydroxylation is 1. The summed E-state index contributed by atoms with van der Waals surface area (Å²) in [5, 5.41) is 9.94. The van der Waals surface area contributed by atoms with Crippen LogP contribution in [0.25, 0.3) is 0 Å². The molecule has 0 fully saturated rings. The number of imidazole rings is 1. The molecule has 1 aromatic heterocycles. The van der Waals surface area contributed by atoms with Crippen LogP contribution in [0.15, 0.2) is 12.5 Å². The zero-order valence-electron chi connectivity index (χ0n) is 12.8. The Kier molecular flexibility index (Phi) is 7.95. The Labute approximate surface area is 136 Å². The average molecular weight is 388 g/mol. The molecule has 0 spiro atoms. The lowest BCUT2D eigenvalue weighted by molar-refractivity contribution is -0.283. The van der Waals surface area contributed by atoms with Gasteiger partial charge >= 0.3 is 22.8 Å². The highest BCUT2D eigenvalue weighted by Gasteiger charge is 2.35. The molecular weight excluding hydrogens is 366 g/mol. The standard InChI is InChI=1S/C10H22N2O8P2Si/c1-23(2,18)5-3-4-9-6-12(8-11-9)7-10(13,19-21(14)15)20-22(16)17/h6,8,13-15,18,22H,3-5,7H2,1-2H3,(H,16,17). The summed E-state index contributed by atoms with van der Waals surface area (Å²) in [5.74, 6) is -2.65. The van der Waals surface area contributed by atoms with Gasteiger partial charge in [0.2, 0.25) is 0 Å². The van der Waals surface area contributed by atoms with Crippen molar-refractivity contribution in [2.24, 2.45) is 0 Å². The van der Waals surface area contributed by atoms with Gasteiger partial charge in [-0.1, -0.05) is 0 Å². The van der Waals surface area contributed by atoms with E-state index >= 15 is 0 Å². The van der Waals surface area contributed by atoms with Crippen LogP contribution in [0.5, 0.6) is 0 Å². The van der Waals surface area contributed by atoms with Crippen LogP contribution >= 0.6 is 16.9 Å². The largest absolute Gasteiger partial charge is 0.432 e. The van der Waals surface area contributed by atoms with Gasteiger partial charge in [0.25, 0.3) is 0 Å². The SMILES string of the molecule is C[Si](C)(O)CCCc1cn(CC(O)(OP(O)O)O[PH](=O)O)cn1. The van der Waals surface area contributed by atoms with E-state index in [-0.39, 0.29) is 0 Å². The molecule has 134 valence electrons. The molecule has 1 aromatic rings. The zero-order chi connectivity index (χ0) is 17.7. The van der Waals surface area contributed by atoms with Crippen LogP contribution in [0, 0.1) is 0 Å². The quantitative estimate of drug-likeness (QED) is 0.216. The minimum absolute atomic E-state index is 0.475. The van der Waals surface area contributed by atoms with Gasteiger partial charge in [-0.2, -0.15) is 0 Å². The number of aromatic nitrogens is 2. The van der Waals surface area contributed by atoms with Crippen LogP contribution in [0.4, 0.5) is 0 Å². The third-order valence-electron chi connectivity index (χ3n) is 2.76. The summed E-state index contributed by atoms with van der Waals surface area (Å²) in [7, 11) is -8.68. The van der Waals surface area contributed by atoms with Gasteiger partial charge in [0.05, 0.1) is 12.0 Å².